The van der Waals surface area contributed by atoms with Gasteiger partial charge in [-0.1, -0.05) is 23.8 Å². The van der Waals surface area contributed by atoms with Crippen LogP contribution in [0.3, 0.4) is 0 Å². The quantitative estimate of drug-likeness (QED) is 0.846. The first kappa shape index (κ1) is 19.3. The lowest BCUT2D eigenvalue weighted by Crippen LogP contribution is -2.31. The molecule has 1 aliphatic heterocycles. The summed E-state index contributed by atoms with van der Waals surface area (Å²) in [5.74, 6) is 0.190. The zero-order valence-electron chi connectivity index (χ0n) is 15.0. The Bertz CT molecular complexity index is 789. The van der Waals surface area contributed by atoms with E-state index in [2.05, 4.69) is 37.4 Å². The molecule has 0 spiro atoms. The summed E-state index contributed by atoms with van der Waals surface area (Å²) >= 11 is 0. The maximum atomic E-state index is 12.0. The van der Waals surface area contributed by atoms with Crippen LogP contribution in [0.15, 0.2) is 30.3 Å². The summed E-state index contributed by atoms with van der Waals surface area (Å²) in [6, 6.07) is 10.5. The molecule has 1 aliphatic rings. The van der Waals surface area contributed by atoms with Crippen LogP contribution in [0.25, 0.3) is 0 Å². The normalized spacial score (nSPS) is 15.8. The molecule has 25 heavy (non-hydrogen) atoms. The molecule has 0 saturated heterocycles. The molecular formula is C20H24ClNO3. The molecular weight excluding hydrogens is 338 g/mol. The van der Waals surface area contributed by atoms with Crippen LogP contribution in [0, 0.1) is 13.8 Å². The monoisotopic (exact) mass is 361 g/mol. The van der Waals surface area contributed by atoms with E-state index in [1.54, 1.807) is 7.11 Å². The predicted molar refractivity (Wildman–Crippen MR) is 101 cm³/mol. The molecule has 5 heteroatoms. The molecule has 2 aromatic rings. The molecule has 0 amide bonds. The van der Waals surface area contributed by atoms with Gasteiger partial charge in [0.25, 0.3) is 0 Å². The number of hydrogen-bond acceptors (Lipinski definition) is 4. The van der Waals surface area contributed by atoms with E-state index in [4.69, 9.17) is 9.47 Å². The second-order valence-corrected chi connectivity index (χ2v) is 6.24. The van der Waals surface area contributed by atoms with E-state index in [0.717, 1.165) is 18.5 Å². The van der Waals surface area contributed by atoms with Crippen molar-refractivity contribution in [2.75, 3.05) is 20.8 Å². The van der Waals surface area contributed by atoms with E-state index in [1.165, 1.54) is 29.4 Å². The molecule has 1 unspecified atom stereocenters. The van der Waals surface area contributed by atoms with Crippen molar-refractivity contribution < 1.29 is 14.3 Å². The van der Waals surface area contributed by atoms with Crippen molar-refractivity contribution in [1.29, 1.82) is 0 Å². The molecule has 3 rings (SSSR count). The topological polar surface area (TPSA) is 47.6 Å². The van der Waals surface area contributed by atoms with Crippen LogP contribution in [-0.2, 0) is 11.2 Å². The highest BCUT2D eigenvalue weighted by atomic mass is 35.5. The van der Waals surface area contributed by atoms with E-state index < -0.39 is 0 Å². The molecule has 2 aromatic carbocycles. The number of benzene rings is 2. The van der Waals surface area contributed by atoms with E-state index >= 15 is 0 Å². The van der Waals surface area contributed by atoms with E-state index in [-0.39, 0.29) is 24.4 Å². The molecule has 0 radical (unpaired) electrons. The second-order valence-electron chi connectivity index (χ2n) is 6.24. The summed E-state index contributed by atoms with van der Waals surface area (Å²) in [6.07, 6.45) is 0.880. The van der Waals surface area contributed by atoms with Crippen molar-refractivity contribution in [2.24, 2.45) is 0 Å². The Morgan fingerprint density at radius 1 is 1.12 bits per heavy atom. The molecule has 0 aromatic heterocycles. The Morgan fingerprint density at radius 3 is 2.52 bits per heavy atom. The Labute approximate surface area is 154 Å². The summed E-state index contributed by atoms with van der Waals surface area (Å²) < 4.78 is 10.3. The number of aryl methyl sites for hydroxylation is 2. The van der Waals surface area contributed by atoms with Crippen LogP contribution in [0.5, 0.6) is 5.75 Å². The van der Waals surface area contributed by atoms with Crippen LogP contribution in [0.4, 0.5) is 0 Å². The minimum Gasteiger partial charge on any atom is -0.496 e. The number of hydrogen-bond donors (Lipinski definition) is 1. The van der Waals surface area contributed by atoms with Gasteiger partial charge in [-0.15, -0.1) is 12.4 Å². The highest BCUT2D eigenvalue weighted by Crippen LogP contribution is 2.35. The Hall–Kier alpha value is -2.04. The summed E-state index contributed by atoms with van der Waals surface area (Å²) in [5.41, 5.74) is 6.59. The average molecular weight is 362 g/mol. The number of ether oxygens (including phenoxy) is 2. The van der Waals surface area contributed by atoms with Crippen molar-refractivity contribution in [3.05, 3.63) is 63.7 Å². The van der Waals surface area contributed by atoms with Gasteiger partial charge >= 0.3 is 5.97 Å². The zero-order chi connectivity index (χ0) is 17.3. The van der Waals surface area contributed by atoms with Crippen LogP contribution in [0.1, 0.15) is 44.2 Å². The van der Waals surface area contributed by atoms with Crippen molar-refractivity contribution in [2.45, 2.75) is 26.3 Å². The third-order valence-corrected chi connectivity index (χ3v) is 4.66. The van der Waals surface area contributed by atoms with Gasteiger partial charge in [0.1, 0.15) is 11.3 Å². The fraction of sp³-hybridized carbons (Fsp3) is 0.350. The maximum absolute atomic E-state index is 12.0. The Balaban J connectivity index is 0.00000225. The Kier molecular flexibility index (Phi) is 6.09. The van der Waals surface area contributed by atoms with Gasteiger partial charge in [0.2, 0.25) is 0 Å². The van der Waals surface area contributed by atoms with Gasteiger partial charge in [0.05, 0.1) is 20.3 Å². The molecule has 1 N–H and O–H groups in total. The first-order chi connectivity index (χ1) is 11.5. The van der Waals surface area contributed by atoms with Gasteiger partial charge in [-0.3, -0.25) is 0 Å². The minimum absolute atomic E-state index is 0. The van der Waals surface area contributed by atoms with Crippen LogP contribution >= 0.6 is 12.4 Å². The lowest BCUT2D eigenvalue weighted by molar-refractivity contribution is 0.0597. The summed E-state index contributed by atoms with van der Waals surface area (Å²) in [6.45, 7) is 5.11. The van der Waals surface area contributed by atoms with Gasteiger partial charge in [-0.2, -0.15) is 0 Å². The number of carbonyl (C=O) groups excluding carboxylic acids is 1. The molecule has 0 saturated carbocycles. The third kappa shape index (κ3) is 3.65. The van der Waals surface area contributed by atoms with Crippen molar-refractivity contribution in [3.63, 3.8) is 0 Å². The number of methoxy groups -OCH3 is 2. The first-order valence-corrected chi connectivity index (χ1v) is 8.14. The van der Waals surface area contributed by atoms with Crippen molar-refractivity contribution in [3.8, 4) is 5.75 Å². The van der Waals surface area contributed by atoms with Crippen LogP contribution in [0.2, 0.25) is 0 Å². The van der Waals surface area contributed by atoms with E-state index in [0.29, 0.717) is 11.3 Å². The number of fused-ring (bicyclic) bond motifs is 1. The summed E-state index contributed by atoms with van der Waals surface area (Å²) in [7, 11) is 2.97. The number of carbonyl (C=O) groups is 1. The molecule has 0 fully saturated rings. The number of rotatable bonds is 3. The van der Waals surface area contributed by atoms with Gasteiger partial charge in [-0.25, -0.2) is 4.79 Å². The molecule has 0 bridgehead atoms. The molecule has 1 heterocycles. The van der Waals surface area contributed by atoms with Crippen LogP contribution in [-0.4, -0.2) is 26.7 Å². The average Bonchev–Trinajstić information content (AvgIpc) is 2.59. The fourth-order valence-electron chi connectivity index (χ4n) is 3.45. The highest BCUT2D eigenvalue weighted by molar-refractivity contribution is 5.93. The van der Waals surface area contributed by atoms with Crippen molar-refractivity contribution >= 4 is 18.4 Å². The molecule has 4 nitrogen and oxygen atoms in total. The third-order valence-electron chi connectivity index (χ3n) is 4.66. The summed E-state index contributed by atoms with van der Waals surface area (Å²) in [4.78, 5) is 12.0. The van der Waals surface area contributed by atoms with Crippen LogP contribution < -0.4 is 10.1 Å². The lowest BCUT2D eigenvalue weighted by atomic mass is 9.86. The number of halogens is 1. The van der Waals surface area contributed by atoms with Crippen molar-refractivity contribution in [1.82, 2.24) is 5.32 Å². The first-order valence-electron chi connectivity index (χ1n) is 8.14. The molecule has 0 aliphatic carbocycles. The zero-order valence-corrected chi connectivity index (χ0v) is 15.8. The van der Waals surface area contributed by atoms with E-state index in [1.807, 2.05) is 12.1 Å². The SMILES string of the molecule is COC(=O)c1cc2c(cc1OC)C(c1ccc(C)cc1C)NCC2.Cl. The predicted octanol–water partition coefficient (Wildman–Crippen LogP) is 3.76. The van der Waals surface area contributed by atoms with Gasteiger partial charge in [0.15, 0.2) is 0 Å². The van der Waals surface area contributed by atoms with E-state index in [9.17, 15) is 4.79 Å². The second kappa shape index (κ2) is 7.89. The number of nitrogens with one attached hydrogen (secondary N) is 1. The minimum atomic E-state index is -0.365. The molecule has 1 atom stereocenters. The standard InChI is InChI=1S/C20H23NO3.ClH/c1-12-5-6-15(13(2)9-12)19-16-11-18(23-3)17(20(22)24-4)10-14(16)7-8-21-19;/h5-6,9-11,19,21H,7-8H2,1-4H3;1H. The maximum Gasteiger partial charge on any atom is 0.341 e. The smallest absolute Gasteiger partial charge is 0.341 e. The van der Waals surface area contributed by atoms with Gasteiger partial charge in [-0.05, 0) is 54.7 Å². The van der Waals surface area contributed by atoms with Gasteiger partial charge < -0.3 is 14.8 Å². The largest absolute Gasteiger partial charge is 0.496 e. The number of esters is 1. The Morgan fingerprint density at radius 2 is 1.88 bits per heavy atom. The lowest BCUT2D eigenvalue weighted by Gasteiger charge is -2.29. The fourth-order valence-corrected chi connectivity index (χ4v) is 3.45. The summed E-state index contributed by atoms with van der Waals surface area (Å²) in [5, 5.41) is 3.59. The molecule has 134 valence electrons. The highest BCUT2D eigenvalue weighted by Gasteiger charge is 2.26. The van der Waals surface area contributed by atoms with Gasteiger partial charge in [0, 0.05) is 6.54 Å².